The third-order valence-corrected chi connectivity index (χ3v) is 7.02. The Hall–Kier alpha value is -5.94. The quantitative estimate of drug-likeness (QED) is 0.0860. The lowest BCUT2D eigenvalue weighted by molar-refractivity contribution is -0.193. The third kappa shape index (κ3) is 10.1. The Labute approximate surface area is 285 Å². The molecule has 1 atom stereocenters. The van der Waals surface area contributed by atoms with E-state index in [9.17, 15) is 26.3 Å². The number of carboxylic acid groups (broad SMARTS) is 2. The minimum atomic E-state index is -5.08. The zero-order valence-electron chi connectivity index (χ0n) is 27.0. The normalized spacial score (nSPS) is 11.9. The van der Waals surface area contributed by atoms with Gasteiger partial charge in [-0.2, -0.15) is 26.3 Å². The summed E-state index contributed by atoms with van der Waals surface area (Å²) in [7, 11) is 0. The van der Waals surface area contributed by atoms with Gasteiger partial charge < -0.3 is 31.4 Å². The second-order valence-corrected chi connectivity index (χ2v) is 10.6. The summed E-state index contributed by atoms with van der Waals surface area (Å²) >= 11 is 0. The van der Waals surface area contributed by atoms with E-state index in [4.69, 9.17) is 46.0 Å². The molecule has 0 spiro atoms. The van der Waals surface area contributed by atoms with E-state index in [0.717, 1.165) is 27.5 Å². The number of ether oxygens (including phenoxy) is 1. The molecular weight excluding hydrogens is 693 g/mol. The van der Waals surface area contributed by atoms with Gasteiger partial charge in [0.2, 0.25) is 0 Å². The number of hydrogen-bond acceptors (Lipinski definition) is 8. The van der Waals surface area contributed by atoms with Gasteiger partial charge in [-0.15, -0.1) is 0 Å². The largest absolute Gasteiger partial charge is 0.491 e. The number of imidazole rings is 1. The Morgan fingerprint density at radius 3 is 2.12 bits per heavy atom. The van der Waals surface area contributed by atoms with Crippen molar-refractivity contribution in [2.24, 2.45) is 0 Å². The van der Waals surface area contributed by atoms with E-state index in [1.54, 1.807) is 30.7 Å². The summed E-state index contributed by atoms with van der Waals surface area (Å²) in [5.74, 6) is -5.57. The van der Waals surface area contributed by atoms with Crippen LogP contribution in [-0.4, -0.2) is 61.0 Å². The number of aromatic nitrogens is 4. The SMILES string of the molecule is CCOc1cc(CC)cc(C(c2cc3cc(N)ccc3c(N)n2)c2nc(-c3cnccc3C)c[nH]2)c1F.O=C(O)C(F)(F)F.O=C(O)C(F)(F)F. The fourth-order valence-corrected chi connectivity index (χ4v) is 4.63. The number of halogens is 7. The number of aliphatic carboxylic acids is 2. The second kappa shape index (κ2) is 16.2. The lowest BCUT2D eigenvalue weighted by Gasteiger charge is -2.20. The maximum atomic E-state index is 16.0. The van der Waals surface area contributed by atoms with Crippen molar-refractivity contribution in [3.63, 3.8) is 0 Å². The molecule has 18 heteroatoms. The van der Waals surface area contributed by atoms with Gasteiger partial charge in [-0.3, -0.25) is 4.98 Å². The van der Waals surface area contributed by atoms with Gasteiger partial charge in [0, 0.05) is 40.8 Å². The van der Waals surface area contributed by atoms with Gasteiger partial charge in [-0.05, 0) is 73.2 Å². The van der Waals surface area contributed by atoms with Crippen LogP contribution in [0.15, 0.2) is 61.1 Å². The summed E-state index contributed by atoms with van der Waals surface area (Å²) in [6, 6.07) is 12.9. The van der Waals surface area contributed by atoms with Crippen molar-refractivity contribution >= 4 is 34.2 Å². The lowest BCUT2D eigenvalue weighted by atomic mass is 9.90. The molecule has 0 aliphatic heterocycles. The van der Waals surface area contributed by atoms with Gasteiger partial charge in [0.05, 0.1) is 23.9 Å². The first-order valence-corrected chi connectivity index (χ1v) is 14.8. The van der Waals surface area contributed by atoms with Crippen molar-refractivity contribution in [3.05, 3.63) is 95.1 Å². The van der Waals surface area contributed by atoms with Gasteiger partial charge in [-0.25, -0.2) is 23.9 Å². The highest BCUT2D eigenvalue weighted by Gasteiger charge is 2.39. The van der Waals surface area contributed by atoms with E-state index < -0.39 is 36.0 Å². The van der Waals surface area contributed by atoms with Gasteiger partial charge in [-0.1, -0.05) is 13.0 Å². The van der Waals surface area contributed by atoms with Crippen LogP contribution >= 0.6 is 0 Å². The van der Waals surface area contributed by atoms with Gasteiger partial charge >= 0.3 is 24.3 Å². The van der Waals surface area contributed by atoms with Gasteiger partial charge in [0.25, 0.3) is 0 Å². The van der Waals surface area contributed by atoms with Crippen molar-refractivity contribution in [2.75, 3.05) is 18.1 Å². The molecule has 0 fully saturated rings. The number of H-pyrrole nitrogens is 1. The highest BCUT2D eigenvalue weighted by molar-refractivity contribution is 5.93. The molecule has 0 radical (unpaired) electrons. The monoisotopic (exact) mass is 724 g/mol. The molecule has 7 N–H and O–H groups in total. The number of nitrogen functional groups attached to an aromatic ring is 2. The number of benzene rings is 2. The minimum Gasteiger partial charge on any atom is -0.491 e. The molecule has 5 rings (SSSR count). The smallest absolute Gasteiger partial charge is 0.490 e. The van der Waals surface area contributed by atoms with Crippen molar-refractivity contribution in [2.45, 2.75) is 45.5 Å². The number of hydrogen-bond donors (Lipinski definition) is 5. The summed E-state index contributed by atoms with van der Waals surface area (Å²) < 4.78 is 85.2. The van der Waals surface area contributed by atoms with Crippen LogP contribution in [0.25, 0.3) is 22.0 Å². The molecule has 0 saturated carbocycles. The lowest BCUT2D eigenvalue weighted by Crippen LogP contribution is -2.21. The maximum Gasteiger partial charge on any atom is 0.490 e. The topological polar surface area (TPSA) is 190 Å². The Morgan fingerprint density at radius 1 is 0.941 bits per heavy atom. The molecule has 0 amide bonds. The number of pyridine rings is 2. The predicted octanol–water partition coefficient (Wildman–Crippen LogP) is 7.04. The first-order chi connectivity index (χ1) is 23.8. The summed E-state index contributed by atoms with van der Waals surface area (Å²) in [5, 5.41) is 15.8. The van der Waals surface area contributed by atoms with Crippen LogP contribution in [0.1, 0.15) is 48.0 Å². The van der Waals surface area contributed by atoms with Crippen LogP contribution in [0.3, 0.4) is 0 Å². The number of carboxylic acids is 2. The molecular formula is C33H31F7N6O5. The summed E-state index contributed by atoms with van der Waals surface area (Å²) in [4.78, 5) is 34.9. The molecule has 3 heterocycles. The zero-order valence-corrected chi connectivity index (χ0v) is 27.0. The first-order valence-electron chi connectivity index (χ1n) is 14.8. The third-order valence-electron chi connectivity index (χ3n) is 7.02. The number of fused-ring (bicyclic) bond motifs is 1. The number of aromatic amines is 1. The van der Waals surface area contributed by atoms with Crippen molar-refractivity contribution < 1.29 is 55.3 Å². The fourth-order valence-electron chi connectivity index (χ4n) is 4.63. The number of aryl methyl sites for hydroxylation is 2. The van der Waals surface area contributed by atoms with Crippen LogP contribution in [0.5, 0.6) is 5.75 Å². The molecule has 0 bridgehead atoms. The number of nitrogens with one attached hydrogen (secondary N) is 1. The van der Waals surface area contributed by atoms with E-state index in [-0.39, 0.29) is 5.75 Å². The van der Waals surface area contributed by atoms with E-state index in [1.165, 1.54) is 0 Å². The Balaban J connectivity index is 0.000000424. The Bertz CT molecular complexity index is 1990. The number of anilines is 2. The molecule has 3 aromatic heterocycles. The standard InChI is InChI=1S/C29H29FN6O.2C2HF3O2/c1-4-17-10-21(27(30)25(11-17)37-5-2)26(23-13-18-12-19(31)6-7-20(18)28(32)35-23)29-34-15-24(36-29)22-14-33-9-8-16(22)3;2*3-2(4,5)1(6)7/h6-15,26H,4-5,31H2,1-3H3,(H2,32,35)(H,34,36);2*(H,6,7). The Morgan fingerprint density at radius 2 is 1.57 bits per heavy atom. The first kappa shape index (κ1) is 39.5. The molecule has 11 nitrogen and oxygen atoms in total. The number of rotatable bonds is 7. The highest BCUT2D eigenvalue weighted by atomic mass is 19.4. The number of alkyl halides is 6. The number of carbonyl (C=O) groups is 2. The highest BCUT2D eigenvalue weighted by Crippen LogP contribution is 2.38. The molecule has 0 saturated heterocycles. The number of nitrogens with zero attached hydrogens (tertiary/aromatic N) is 3. The summed E-state index contributed by atoms with van der Waals surface area (Å²) in [6.45, 7) is 6.20. The molecule has 5 aromatic rings. The second-order valence-electron chi connectivity index (χ2n) is 10.6. The van der Waals surface area contributed by atoms with Crippen LogP contribution in [0.4, 0.5) is 42.2 Å². The Kier molecular flexibility index (Phi) is 12.5. The van der Waals surface area contributed by atoms with E-state index in [0.29, 0.717) is 47.3 Å². The van der Waals surface area contributed by atoms with E-state index in [1.807, 2.05) is 51.1 Å². The molecule has 0 aliphatic rings. The summed E-state index contributed by atoms with van der Waals surface area (Å²) in [6.07, 6.45) is -4.14. The maximum absolute atomic E-state index is 16.0. The van der Waals surface area contributed by atoms with E-state index in [2.05, 4.69) is 9.97 Å². The molecule has 0 aliphatic carbocycles. The van der Waals surface area contributed by atoms with Crippen molar-refractivity contribution in [3.8, 4) is 17.0 Å². The van der Waals surface area contributed by atoms with Crippen LogP contribution in [0, 0.1) is 12.7 Å². The van der Waals surface area contributed by atoms with Crippen molar-refractivity contribution in [1.82, 2.24) is 19.9 Å². The van der Waals surface area contributed by atoms with Gasteiger partial charge in [0.15, 0.2) is 11.6 Å². The minimum absolute atomic E-state index is 0.203. The average Bonchev–Trinajstić information content (AvgIpc) is 3.52. The zero-order chi connectivity index (χ0) is 38.3. The van der Waals surface area contributed by atoms with E-state index >= 15 is 4.39 Å². The van der Waals surface area contributed by atoms with Crippen LogP contribution in [-0.2, 0) is 16.0 Å². The van der Waals surface area contributed by atoms with Gasteiger partial charge in [0.1, 0.15) is 11.6 Å². The average molecular weight is 725 g/mol. The molecule has 1 unspecified atom stereocenters. The van der Waals surface area contributed by atoms with Crippen LogP contribution in [0.2, 0.25) is 0 Å². The van der Waals surface area contributed by atoms with Crippen LogP contribution < -0.4 is 16.2 Å². The predicted molar refractivity (Wildman–Crippen MR) is 172 cm³/mol. The number of nitrogens with two attached hydrogens (primary N) is 2. The summed E-state index contributed by atoms with van der Waals surface area (Å²) in [5.41, 5.74) is 17.6. The fraction of sp³-hybridized carbons (Fsp3) is 0.242. The van der Waals surface area contributed by atoms with Crippen molar-refractivity contribution in [1.29, 1.82) is 0 Å². The molecule has 51 heavy (non-hydrogen) atoms. The molecule has 2 aromatic carbocycles. The molecule has 272 valence electrons.